The number of nitriles is 1. The van der Waals surface area contributed by atoms with Crippen molar-refractivity contribution < 1.29 is 0 Å². The van der Waals surface area contributed by atoms with Crippen molar-refractivity contribution >= 4 is 34.2 Å². The van der Waals surface area contributed by atoms with Gasteiger partial charge >= 0.3 is 0 Å². The number of nitrogens with zero attached hydrogens (tertiary/aromatic N) is 2. The molecule has 56 valence electrons. The second kappa shape index (κ2) is 3.88. The van der Waals surface area contributed by atoms with Gasteiger partial charge in [0.1, 0.15) is 0 Å². The predicted octanol–water partition coefficient (Wildman–Crippen LogP) is 2.41. The van der Waals surface area contributed by atoms with E-state index in [1.54, 1.807) is 12.3 Å². The van der Waals surface area contributed by atoms with Gasteiger partial charge in [-0.25, -0.2) is 0 Å². The molecule has 0 aliphatic rings. The first-order chi connectivity index (χ1) is 5.24. The monoisotopic (exact) mass is 278 g/mol. The Balaban J connectivity index is 3.01. The van der Waals surface area contributed by atoms with Gasteiger partial charge in [-0.05, 0) is 28.7 Å². The third-order valence-corrected chi connectivity index (χ3v) is 2.05. The molecule has 0 aromatic carbocycles. The molecule has 0 N–H and O–H groups in total. The molecule has 1 rings (SSSR count). The summed E-state index contributed by atoms with van der Waals surface area (Å²) >= 11 is 7.91. The fourth-order valence-corrected chi connectivity index (χ4v) is 1.52. The van der Waals surface area contributed by atoms with Gasteiger partial charge in [0.25, 0.3) is 0 Å². The molecule has 1 heterocycles. The van der Waals surface area contributed by atoms with Crippen LogP contribution in [0.4, 0.5) is 0 Å². The summed E-state index contributed by atoms with van der Waals surface area (Å²) in [7, 11) is 0. The molecule has 0 atom stereocenters. The lowest BCUT2D eigenvalue weighted by Crippen LogP contribution is -1.89. The number of pyridine rings is 1. The van der Waals surface area contributed by atoms with Gasteiger partial charge in [-0.3, -0.25) is 4.98 Å². The van der Waals surface area contributed by atoms with E-state index in [9.17, 15) is 0 Å². The molecular formula is C7H4ClIN2. The molecular weight excluding hydrogens is 274 g/mol. The number of aromatic nitrogens is 1. The summed E-state index contributed by atoms with van der Waals surface area (Å²) in [4.78, 5) is 4.01. The van der Waals surface area contributed by atoms with E-state index in [2.05, 4.69) is 27.6 Å². The molecule has 0 bridgehead atoms. The third-order valence-electron chi connectivity index (χ3n) is 1.13. The van der Waals surface area contributed by atoms with Crippen LogP contribution in [0.5, 0.6) is 0 Å². The first-order valence-corrected chi connectivity index (χ1v) is 4.36. The number of rotatable bonds is 1. The van der Waals surface area contributed by atoms with E-state index in [4.69, 9.17) is 16.9 Å². The lowest BCUT2D eigenvalue weighted by molar-refractivity contribution is 1.11. The van der Waals surface area contributed by atoms with Crippen molar-refractivity contribution in [1.29, 1.82) is 5.26 Å². The van der Waals surface area contributed by atoms with Crippen LogP contribution in [0, 0.1) is 14.9 Å². The Morgan fingerprint density at radius 3 is 3.00 bits per heavy atom. The summed E-state index contributed by atoms with van der Waals surface area (Å²) in [5.41, 5.74) is 0.648. The van der Waals surface area contributed by atoms with Gasteiger partial charge in [-0.15, -0.1) is 0 Å². The van der Waals surface area contributed by atoms with Crippen LogP contribution in [0.3, 0.4) is 0 Å². The molecule has 0 radical (unpaired) electrons. The van der Waals surface area contributed by atoms with Crippen LogP contribution < -0.4 is 0 Å². The molecule has 1 aromatic rings. The topological polar surface area (TPSA) is 36.7 Å². The van der Waals surface area contributed by atoms with Crippen LogP contribution in [0.25, 0.3) is 0 Å². The molecule has 0 aliphatic carbocycles. The van der Waals surface area contributed by atoms with Gasteiger partial charge < -0.3 is 0 Å². The molecule has 0 amide bonds. The van der Waals surface area contributed by atoms with Crippen molar-refractivity contribution in [1.82, 2.24) is 4.98 Å². The van der Waals surface area contributed by atoms with Crippen LogP contribution in [0.2, 0.25) is 5.02 Å². The van der Waals surface area contributed by atoms with Crippen LogP contribution in [-0.2, 0) is 6.42 Å². The van der Waals surface area contributed by atoms with Crippen molar-refractivity contribution in [2.75, 3.05) is 0 Å². The van der Waals surface area contributed by atoms with E-state index in [-0.39, 0.29) is 6.42 Å². The maximum atomic E-state index is 8.36. The Kier molecular flexibility index (Phi) is 3.09. The molecule has 0 aliphatic heterocycles. The van der Waals surface area contributed by atoms with Gasteiger partial charge in [0, 0.05) is 9.77 Å². The smallest absolute Gasteiger partial charge is 0.0789 e. The number of hydrogen-bond donors (Lipinski definition) is 0. The summed E-state index contributed by atoms with van der Waals surface area (Å²) in [6.07, 6.45) is 1.97. The molecule has 0 saturated carbocycles. The minimum Gasteiger partial charge on any atom is -0.258 e. The van der Waals surface area contributed by atoms with E-state index in [0.717, 1.165) is 3.57 Å². The highest BCUT2D eigenvalue weighted by Crippen LogP contribution is 2.16. The lowest BCUT2D eigenvalue weighted by Gasteiger charge is -1.96. The minimum absolute atomic E-state index is 0.274. The van der Waals surface area contributed by atoms with Crippen molar-refractivity contribution in [3.05, 3.63) is 26.5 Å². The van der Waals surface area contributed by atoms with Crippen molar-refractivity contribution in [3.63, 3.8) is 0 Å². The fraction of sp³-hybridized carbons (Fsp3) is 0.143. The summed E-state index contributed by atoms with van der Waals surface area (Å²) < 4.78 is 0.981. The Bertz CT molecular complexity index is 306. The Labute approximate surface area is 83.3 Å². The van der Waals surface area contributed by atoms with Crippen LogP contribution in [0.1, 0.15) is 5.69 Å². The summed E-state index contributed by atoms with van der Waals surface area (Å²) in [5, 5.41) is 8.93. The zero-order chi connectivity index (χ0) is 8.27. The molecule has 0 saturated heterocycles. The summed E-state index contributed by atoms with van der Waals surface area (Å²) in [5.74, 6) is 0. The van der Waals surface area contributed by atoms with Gasteiger partial charge in [0.2, 0.25) is 0 Å². The first-order valence-electron chi connectivity index (χ1n) is 2.91. The highest BCUT2D eigenvalue weighted by atomic mass is 127. The van der Waals surface area contributed by atoms with Crippen molar-refractivity contribution in [2.45, 2.75) is 6.42 Å². The highest BCUT2D eigenvalue weighted by Gasteiger charge is 2.00. The average Bonchev–Trinajstić information content (AvgIpc) is 1.95. The average molecular weight is 278 g/mol. The zero-order valence-corrected chi connectivity index (χ0v) is 8.43. The Morgan fingerprint density at radius 2 is 2.45 bits per heavy atom. The largest absolute Gasteiger partial charge is 0.258 e. The molecule has 2 nitrogen and oxygen atoms in total. The minimum atomic E-state index is 0.274. The normalized spacial score (nSPS) is 9.18. The first kappa shape index (κ1) is 8.75. The van der Waals surface area contributed by atoms with E-state index in [1.165, 1.54) is 0 Å². The van der Waals surface area contributed by atoms with Crippen LogP contribution >= 0.6 is 34.2 Å². The standard InChI is InChI=1S/C7H4ClIN2/c8-6-3-5(9)4-11-7(6)1-2-10/h3-4H,1H2. The highest BCUT2D eigenvalue weighted by molar-refractivity contribution is 14.1. The molecule has 11 heavy (non-hydrogen) atoms. The van der Waals surface area contributed by atoms with Crippen molar-refractivity contribution in [3.8, 4) is 6.07 Å². The summed E-state index contributed by atoms with van der Waals surface area (Å²) in [6, 6.07) is 3.79. The third kappa shape index (κ3) is 2.31. The predicted molar refractivity (Wildman–Crippen MR) is 51.3 cm³/mol. The van der Waals surface area contributed by atoms with Gasteiger partial charge in [-0.1, -0.05) is 11.6 Å². The molecule has 0 unspecified atom stereocenters. The Hall–Kier alpha value is -0.340. The second-order valence-electron chi connectivity index (χ2n) is 1.92. The molecule has 0 fully saturated rings. The van der Waals surface area contributed by atoms with Crippen LogP contribution in [0.15, 0.2) is 12.3 Å². The van der Waals surface area contributed by atoms with E-state index in [0.29, 0.717) is 10.7 Å². The molecule has 1 aromatic heterocycles. The van der Waals surface area contributed by atoms with E-state index < -0.39 is 0 Å². The summed E-state index contributed by atoms with van der Waals surface area (Å²) in [6.45, 7) is 0. The number of halogens is 2. The van der Waals surface area contributed by atoms with Crippen molar-refractivity contribution in [2.24, 2.45) is 0 Å². The number of hydrogen-bond acceptors (Lipinski definition) is 2. The van der Waals surface area contributed by atoms with Gasteiger partial charge in [0.05, 0.1) is 23.2 Å². The molecule has 4 heteroatoms. The van der Waals surface area contributed by atoms with Gasteiger partial charge in [-0.2, -0.15) is 5.26 Å². The maximum absolute atomic E-state index is 8.36. The SMILES string of the molecule is N#CCc1ncc(I)cc1Cl. The lowest BCUT2D eigenvalue weighted by atomic mass is 10.3. The fourth-order valence-electron chi connectivity index (χ4n) is 0.648. The molecule has 0 spiro atoms. The quantitative estimate of drug-likeness (QED) is 0.740. The second-order valence-corrected chi connectivity index (χ2v) is 3.57. The van der Waals surface area contributed by atoms with Crippen LogP contribution in [-0.4, -0.2) is 4.98 Å². The van der Waals surface area contributed by atoms with E-state index in [1.807, 2.05) is 6.07 Å². The zero-order valence-electron chi connectivity index (χ0n) is 5.51. The van der Waals surface area contributed by atoms with Gasteiger partial charge in [0.15, 0.2) is 0 Å². The van der Waals surface area contributed by atoms with E-state index >= 15 is 0 Å². The Morgan fingerprint density at radius 1 is 1.73 bits per heavy atom. The maximum Gasteiger partial charge on any atom is 0.0789 e.